The fourth-order valence-electron chi connectivity index (χ4n) is 3.32. The molecule has 150 valence electrons. The number of nitro groups is 1. The number of carbonyl (C=O) groups excluding carboxylic acids is 1. The van der Waals surface area contributed by atoms with Gasteiger partial charge in [0.25, 0.3) is 11.6 Å². The monoisotopic (exact) mass is 527 g/mol. The number of hydrogen-bond acceptors (Lipinski definition) is 4. The zero-order valence-electron chi connectivity index (χ0n) is 15.5. The van der Waals surface area contributed by atoms with E-state index in [9.17, 15) is 14.9 Å². The van der Waals surface area contributed by atoms with Crippen molar-refractivity contribution in [3.63, 3.8) is 0 Å². The van der Waals surface area contributed by atoms with E-state index in [1.165, 1.54) is 29.3 Å². The van der Waals surface area contributed by atoms with E-state index >= 15 is 0 Å². The minimum Gasteiger partial charge on any atom is -0.267 e. The van der Waals surface area contributed by atoms with Crippen LogP contribution in [-0.4, -0.2) is 21.6 Å². The summed E-state index contributed by atoms with van der Waals surface area (Å²) in [6, 6.07) is 20.9. The Kier molecular flexibility index (Phi) is 5.78. The molecule has 6 nitrogen and oxygen atoms in total. The first-order valence-corrected chi connectivity index (χ1v) is 10.7. The molecule has 30 heavy (non-hydrogen) atoms. The van der Waals surface area contributed by atoms with E-state index in [0.717, 1.165) is 25.8 Å². The molecule has 0 saturated carbocycles. The topological polar surface area (TPSA) is 75.8 Å². The maximum absolute atomic E-state index is 13.2. The summed E-state index contributed by atoms with van der Waals surface area (Å²) in [5, 5.41) is 17.0. The van der Waals surface area contributed by atoms with Crippen LogP contribution in [0.2, 0.25) is 0 Å². The normalized spacial score (nSPS) is 15.7. The summed E-state index contributed by atoms with van der Waals surface area (Å²) in [4.78, 5) is 23.7. The zero-order valence-corrected chi connectivity index (χ0v) is 18.7. The SMILES string of the molecule is O=C(c1ccc([N+](=O)[O-])cc1)N1N=C(c2ccc(Br)cc2)C[C@H]1c1ccc(Br)cc1. The van der Waals surface area contributed by atoms with Crippen molar-refractivity contribution in [1.29, 1.82) is 0 Å². The molecule has 1 amide bonds. The van der Waals surface area contributed by atoms with Crippen LogP contribution in [0.15, 0.2) is 86.8 Å². The maximum Gasteiger partial charge on any atom is 0.274 e. The van der Waals surface area contributed by atoms with E-state index in [0.29, 0.717) is 12.0 Å². The van der Waals surface area contributed by atoms with Crippen LogP contribution in [0.1, 0.15) is 33.9 Å². The molecule has 0 radical (unpaired) electrons. The van der Waals surface area contributed by atoms with Gasteiger partial charge in [-0.2, -0.15) is 5.10 Å². The van der Waals surface area contributed by atoms with Crippen LogP contribution in [0, 0.1) is 10.1 Å². The predicted molar refractivity (Wildman–Crippen MR) is 121 cm³/mol. The largest absolute Gasteiger partial charge is 0.274 e. The second-order valence-corrected chi connectivity index (χ2v) is 8.61. The van der Waals surface area contributed by atoms with Crippen LogP contribution in [0.25, 0.3) is 0 Å². The lowest BCUT2D eigenvalue weighted by atomic mass is 9.98. The van der Waals surface area contributed by atoms with Gasteiger partial charge in [-0.15, -0.1) is 0 Å². The van der Waals surface area contributed by atoms with Crippen molar-refractivity contribution in [2.45, 2.75) is 12.5 Å². The smallest absolute Gasteiger partial charge is 0.267 e. The van der Waals surface area contributed by atoms with Gasteiger partial charge in [0.2, 0.25) is 0 Å². The average molecular weight is 529 g/mol. The summed E-state index contributed by atoms with van der Waals surface area (Å²) in [7, 11) is 0. The predicted octanol–water partition coefficient (Wildman–Crippen LogP) is 6.11. The Morgan fingerprint density at radius 1 is 0.933 bits per heavy atom. The molecule has 1 aliphatic rings. The van der Waals surface area contributed by atoms with Crippen LogP contribution >= 0.6 is 31.9 Å². The van der Waals surface area contributed by atoms with E-state index in [-0.39, 0.29) is 17.6 Å². The Labute approximate surface area is 189 Å². The van der Waals surface area contributed by atoms with Crippen molar-refractivity contribution in [3.8, 4) is 0 Å². The quantitative estimate of drug-likeness (QED) is 0.303. The van der Waals surface area contributed by atoms with Gasteiger partial charge in [0, 0.05) is 33.1 Å². The molecule has 0 saturated heterocycles. The van der Waals surface area contributed by atoms with E-state index < -0.39 is 4.92 Å². The molecular formula is C22H15Br2N3O3. The highest BCUT2D eigenvalue weighted by Gasteiger charge is 2.33. The summed E-state index contributed by atoms with van der Waals surface area (Å²) in [5.74, 6) is -0.301. The van der Waals surface area contributed by atoms with Crippen molar-refractivity contribution in [1.82, 2.24) is 5.01 Å². The fraction of sp³-hybridized carbons (Fsp3) is 0.0909. The number of amides is 1. The van der Waals surface area contributed by atoms with E-state index in [1.54, 1.807) is 0 Å². The molecule has 4 rings (SSSR count). The Morgan fingerprint density at radius 3 is 2.07 bits per heavy atom. The van der Waals surface area contributed by atoms with E-state index in [1.807, 2.05) is 48.5 Å². The number of carbonyl (C=O) groups is 1. The summed E-state index contributed by atoms with van der Waals surface area (Å²) in [6.45, 7) is 0. The first kappa shape index (κ1) is 20.4. The molecule has 1 atom stereocenters. The molecule has 0 fully saturated rings. The molecule has 0 bridgehead atoms. The first-order chi connectivity index (χ1) is 14.4. The van der Waals surface area contributed by atoms with E-state index in [2.05, 4.69) is 37.0 Å². The first-order valence-electron chi connectivity index (χ1n) is 9.09. The molecule has 8 heteroatoms. The number of hydrazone groups is 1. The van der Waals surface area contributed by atoms with Crippen molar-refractivity contribution in [3.05, 3.63) is 109 Å². The third-order valence-electron chi connectivity index (χ3n) is 4.88. The third-order valence-corrected chi connectivity index (χ3v) is 5.93. The van der Waals surface area contributed by atoms with Crippen molar-refractivity contribution in [2.75, 3.05) is 0 Å². The molecule has 0 aromatic heterocycles. The second kappa shape index (κ2) is 8.49. The van der Waals surface area contributed by atoms with Gasteiger partial charge in [-0.25, -0.2) is 5.01 Å². The Balaban J connectivity index is 1.70. The number of rotatable bonds is 4. The van der Waals surface area contributed by atoms with Gasteiger partial charge in [0.15, 0.2) is 0 Å². The highest BCUT2D eigenvalue weighted by Crippen LogP contribution is 2.35. The number of halogens is 2. The van der Waals surface area contributed by atoms with Gasteiger partial charge in [-0.3, -0.25) is 14.9 Å². The third kappa shape index (κ3) is 4.20. The van der Waals surface area contributed by atoms with Gasteiger partial charge in [-0.1, -0.05) is 56.1 Å². The molecule has 0 unspecified atom stereocenters. The molecule has 1 aliphatic heterocycles. The van der Waals surface area contributed by atoms with Gasteiger partial charge in [-0.05, 0) is 47.5 Å². The second-order valence-electron chi connectivity index (χ2n) is 6.78. The Bertz CT molecular complexity index is 1130. The number of hydrogen-bond donors (Lipinski definition) is 0. The Morgan fingerprint density at radius 2 is 1.50 bits per heavy atom. The summed E-state index contributed by atoms with van der Waals surface area (Å²) >= 11 is 6.87. The standard InChI is InChI=1S/C22H15Br2N3O3/c23-17-7-1-14(2-8-17)20-13-21(15-3-9-18(24)10-4-15)26(25-20)22(28)16-5-11-19(12-6-16)27(29)30/h1-12,21H,13H2/t21-/m0/s1. The number of non-ortho nitro benzene ring substituents is 1. The average Bonchev–Trinajstić information content (AvgIpc) is 3.19. The van der Waals surface area contributed by atoms with Gasteiger partial charge >= 0.3 is 0 Å². The lowest BCUT2D eigenvalue weighted by Crippen LogP contribution is -2.27. The van der Waals surface area contributed by atoms with Gasteiger partial charge in [0.05, 0.1) is 16.7 Å². The fourth-order valence-corrected chi connectivity index (χ4v) is 3.85. The van der Waals surface area contributed by atoms with Crippen LogP contribution < -0.4 is 0 Å². The molecule has 3 aromatic carbocycles. The minimum atomic E-state index is -0.488. The summed E-state index contributed by atoms with van der Waals surface area (Å²) in [5.41, 5.74) is 3.01. The van der Waals surface area contributed by atoms with Crippen LogP contribution in [0.5, 0.6) is 0 Å². The molecule has 1 heterocycles. The lowest BCUT2D eigenvalue weighted by molar-refractivity contribution is -0.384. The highest BCUT2D eigenvalue weighted by molar-refractivity contribution is 9.10. The minimum absolute atomic E-state index is 0.0588. The summed E-state index contributed by atoms with van der Waals surface area (Å²) in [6.07, 6.45) is 0.571. The summed E-state index contributed by atoms with van der Waals surface area (Å²) < 4.78 is 1.92. The van der Waals surface area contributed by atoms with Crippen LogP contribution in [0.4, 0.5) is 5.69 Å². The molecule has 0 aliphatic carbocycles. The van der Waals surface area contributed by atoms with Crippen LogP contribution in [-0.2, 0) is 0 Å². The maximum atomic E-state index is 13.2. The van der Waals surface area contributed by atoms with Gasteiger partial charge < -0.3 is 0 Å². The van der Waals surface area contributed by atoms with E-state index in [4.69, 9.17) is 0 Å². The molecule has 0 spiro atoms. The number of benzene rings is 3. The van der Waals surface area contributed by atoms with Crippen molar-refractivity contribution < 1.29 is 9.72 Å². The lowest BCUT2D eigenvalue weighted by Gasteiger charge is -2.22. The highest BCUT2D eigenvalue weighted by atomic mass is 79.9. The number of nitro benzene ring substituents is 1. The molecule has 3 aromatic rings. The van der Waals surface area contributed by atoms with Crippen molar-refractivity contribution in [2.24, 2.45) is 5.10 Å². The van der Waals surface area contributed by atoms with Gasteiger partial charge in [0.1, 0.15) is 0 Å². The Hall–Kier alpha value is -2.84. The number of nitrogens with zero attached hydrogens (tertiary/aromatic N) is 3. The molecule has 0 N–H and O–H groups in total. The van der Waals surface area contributed by atoms with Crippen LogP contribution in [0.3, 0.4) is 0 Å². The molecular weight excluding hydrogens is 514 g/mol. The zero-order chi connectivity index (χ0) is 21.3. The van der Waals surface area contributed by atoms with Crippen molar-refractivity contribution >= 4 is 49.2 Å².